The van der Waals surface area contributed by atoms with Crippen LogP contribution in [0.3, 0.4) is 0 Å². The van der Waals surface area contributed by atoms with Crippen LogP contribution in [0, 0.1) is 0 Å². The van der Waals surface area contributed by atoms with Gasteiger partial charge in [0.05, 0.1) is 0 Å². The molecule has 6 atom stereocenters. The molecule has 2 fully saturated rings. The van der Waals surface area contributed by atoms with E-state index in [0.29, 0.717) is 24.8 Å². The van der Waals surface area contributed by atoms with Crippen LogP contribution < -0.4 is 49.1 Å². The highest BCUT2D eigenvalue weighted by Crippen LogP contribution is 2.21. The maximum atomic E-state index is 14.2. The Labute approximate surface area is 326 Å². The van der Waals surface area contributed by atoms with E-state index in [1.54, 1.807) is 30.3 Å². The molecule has 0 aromatic heterocycles. The summed E-state index contributed by atoms with van der Waals surface area (Å²) in [6.07, 6.45) is 2.24. The van der Waals surface area contributed by atoms with E-state index in [9.17, 15) is 38.4 Å². The third kappa shape index (κ3) is 14.5. The summed E-state index contributed by atoms with van der Waals surface area (Å²) in [6, 6.07) is 2.02. The van der Waals surface area contributed by atoms with Crippen molar-refractivity contribution >= 4 is 53.2 Å². The molecule has 19 heteroatoms. The SMILES string of the molecule is CCCCC(NC(C)=O)C(=O)NC1CCC(=O)NCCC(C(N)=O)NC(=O)C(CCCN=C(N)N)NC(=O)C(Cc2ccccc2)NC(=O)C2CCCN2C1=O. The standard InChI is InChI=1S/C37H57N11O8/c1-3-4-12-25(43-22(2)49)32(52)46-27-15-16-30(50)41-19-17-24(31(38)51)44-33(53)26(13-8-18-42-37(39)40)45-34(54)28(21-23-10-6-5-7-11-23)47-35(55)29-14-9-20-48(29)36(27)56/h5-7,10-11,24-29H,3-4,8-9,12-21H2,1-2H3,(H2,38,51)(H,41,50)(H,43,49)(H,44,53)(H,45,54)(H,46,52)(H,47,55)(H4,39,40,42). The summed E-state index contributed by atoms with van der Waals surface area (Å²) in [5.74, 6) is -5.27. The van der Waals surface area contributed by atoms with Crippen molar-refractivity contribution in [1.29, 1.82) is 0 Å². The Morgan fingerprint density at radius 3 is 2.27 bits per heavy atom. The number of carbonyl (C=O) groups excluding carboxylic acids is 8. The number of carbonyl (C=O) groups is 8. The van der Waals surface area contributed by atoms with E-state index < -0.39 is 83.5 Å². The Morgan fingerprint density at radius 2 is 1.61 bits per heavy atom. The second kappa shape index (κ2) is 22.6. The Bertz CT molecular complexity index is 1590. The average molecular weight is 784 g/mol. The first-order valence-corrected chi connectivity index (χ1v) is 19.1. The minimum Gasteiger partial charge on any atom is -0.370 e. The average Bonchev–Trinajstić information content (AvgIpc) is 3.65. The number of nitrogens with two attached hydrogens (primary N) is 3. The third-order valence-corrected chi connectivity index (χ3v) is 9.56. The summed E-state index contributed by atoms with van der Waals surface area (Å²) in [5.41, 5.74) is 17.2. The quantitative estimate of drug-likeness (QED) is 0.0585. The van der Waals surface area contributed by atoms with E-state index in [1.165, 1.54) is 11.8 Å². The van der Waals surface area contributed by atoms with Crippen molar-refractivity contribution in [2.45, 2.75) is 121 Å². The maximum absolute atomic E-state index is 14.2. The summed E-state index contributed by atoms with van der Waals surface area (Å²) in [7, 11) is 0. The molecule has 0 spiro atoms. The minimum absolute atomic E-state index is 0.0279. The lowest BCUT2D eigenvalue weighted by Gasteiger charge is -2.31. The Balaban J connectivity index is 2.00. The zero-order valence-corrected chi connectivity index (χ0v) is 32.1. The molecule has 2 aliphatic heterocycles. The van der Waals surface area contributed by atoms with Gasteiger partial charge < -0.3 is 54.0 Å². The van der Waals surface area contributed by atoms with E-state index in [1.807, 2.05) is 6.92 Å². The van der Waals surface area contributed by atoms with Crippen LogP contribution in [0.2, 0.25) is 0 Å². The van der Waals surface area contributed by atoms with Gasteiger partial charge in [0.25, 0.3) is 0 Å². The number of hydrogen-bond donors (Lipinski definition) is 9. The summed E-state index contributed by atoms with van der Waals surface area (Å²) in [5, 5.41) is 16.0. The molecular formula is C37H57N11O8. The number of rotatable bonds is 13. The molecule has 8 amide bonds. The molecule has 56 heavy (non-hydrogen) atoms. The first kappa shape index (κ1) is 44.6. The van der Waals surface area contributed by atoms with Gasteiger partial charge in [-0.15, -0.1) is 0 Å². The summed E-state index contributed by atoms with van der Waals surface area (Å²) >= 11 is 0. The molecule has 2 saturated heterocycles. The zero-order chi connectivity index (χ0) is 41.2. The highest BCUT2D eigenvalue weighted by atomic mass is 16.2. The van der Waals surface area contributed by atoms with Crippen LogP contribution in [0.25, 0.3) is 0 Å². The van der Waals surface area contributed by atoms with E-state index in [4.69, 9.17) is 17.2 Å². The molecule has 3 rings (SSSR count). The van der Waals surface area contributed by atoms with Gasteiger partial charge in [-0.1, -0.05) is 50.1 Å². The van der Waals surface area contributed by atoms with E-state index in [0.717, 1.165) is 6.42 Å². The first-order valence-electron chi connectivity index (χ1n) is 19.1. The predicted molar refractivity (Wildman–Crippen MR) is 206 cm³/mol. The second-order valence-electron chi connectivity index (χ2n) is 14.0. The highest BCUT2D eigenvalue weighted by Gasteiger charge is 2.40. The maximum Gasteiger partial charge on any atom is 0.245 e. The molecule has 0 aliphatic carbocycles. The molecule has 12 N–H and O–H groups in total. The van der Waals surface area contributed by atoms with Gasteiger partial charge in [0, 0.05) is 39.4 Å². The summed E-state index contributed by atoms with van der Waals surface area (Å²) < 4.78 is 0. The van der Waals surface area contributed by atoms with Gasteiger partial charge in [0.2, 0.25) is 47.3 Å². The van der Waals surface area contributed by atoms with Crippen molar-refractivity contribution < 1.29 is 38.4 Å². The summed E-state index contributed by atoms with van der Waals surface area (Å²) in [4.78, 5) is 112. The Kier molecular flexibility index (Phi) is 18.0. The monoisotopic (exact) mass is 783 g/mol. The fourth-order valence-electron chi connectivity index (χ4n) is 6.60. The fraction of sp³-hybridized carbons (Fsp3) is 0.595. The number of nitrogens with one attached hydrogen (secondary N) is 6. The third-order valence-electron chi connectivity index (χ3n) is 9.56. The lowest BCUT2D eigenvalue weighted by molar-refractivity contribution is -0.143. The number of hydrogen-bond acceptors (Lipinski definition) is 9. The van der Waals surface area contributed by atoms with Crippen molar-refractivity contribution in [2.24, 2.45) is 22.2 Å². The largest absolute Gasteiger partial charge is 0.370 e. The van der Waals surface area contributed by atoms with Gasteiger partial charge >= 0.3 is 0 Å². The van der Waals surface area contributed by atoms with E-state index in [2.05, 4.69) is 36.9 Å². The van der Waals surface area contributed by atoms with Crippen LogP contribution >= 0.6 is 0 Å². The number of guanidine groups is 1. The zero-order valence-electron chi connectivity index (χ0n) is 32.1. The molecule has 0 radical (unpaired) electrons. The van der Waals surface area contributed by atoms with Crippen LogP contribution in [0.15, 0.2) is 35.3 Å². The number of benzene rings is 1. The van der Waals surface area contributed by atoms with Crippen LogP contribution in [0.4, 0.5) is 0 Å². The molecular weight excluding hydrogens is 726 g/mol. The first-order chi connectivity index (χ1) is 26.7. The second-order valence-corrected chi connectivity index (χ2v) is 14.0. The normalized spacial score (nSPS) is 23.4. The van der Waals surface area contributed by atoms with E-state index in [-0.39, 0.29) is 70.5 Å². The molecule has 0 saturated carbocycles. The number of amides is 8. The molecule has 308 valence electrons. The molecule has 1 aromatic carbocycles. The van der Waals surface area contributed by atoms with Crippen molar-refractivity contribution in [2.75, 3.05) is 19.6 Å². The van der Waals surface area contributed by atoms with Gasteiger partial charge in [0.15, 0.2) is 5.96 Å². The van der Waals surface area contributed by atoms with Crippen molar-refractivity contribution in [3.63, 3.8) is 0 Å². The molecule has 1 aromatic rings. The van der Waals surface area contributed by atoms with Gasteiger partial charge in [-0.3, -0.25) is 43.3 Å². The smallest absolute Gasteiger partial charge is 0.245 e. The van der Waals surface area contributed by atoms with Crippen molar-refractivity contribution in [1.82, 2.24) is 36.8 Å². The van der Waals surface area contributed by atoms with Crippen LogP contribution in [0.5, 0.6) is 0 Å². The Morgan fingerprint density at radius 1 is 0.911 bits per heavy atom. The van der Waals surface area contributed by atoms with Crippen LogP contribution in [0.1, 0.15) is 83.6 Å². The van der Waals surface area contributed by atoms with Gasteiger partial charge in [0.1, 0.15) is 36.3 Å². The number of nitrogens with zero attached hydrogens (tertiary/aromatic N) is 2. The number of aliphatic imine (C=N–C) groups is 1. The van der Waals surface area contributed by atoms with E-state index >= 15 is 0 Å². The van der Waals surface area contributed by atoms with Gasteiger partial charge in [-0.05, 0) is 50.5 Å². The highest BCUT2D eigenvalue weighted by molar-refractivity contribution is 5.97. The number of fused-ring (bicyclic) bond motifs is 1. The lowest BCUT2D eigenvalue weighted by atomic mass is 10.0. The van der Waals surface area contributed by atoms with Crippen LogP contribution in [-0.4, -0.2) is 114 Å². The minimum atomic E-state index is -1.25. The number of unbranched alkanes of at least 4 members (excludes halogenated alkanes) is 1. The molecule has 2 heterocycles. The van der Waals surface area contributed by atoms with Crippen LogP contribution in [-0.2, 0) is 44.8 Å². The van der Waals surface area contributed by atoms with Crippen molar-refractivity contribution in [3.05, 3.63) is 35.9 Å². The molecule has 0 bridgehead atoms. The molecule has 19 nitrogen and oxygen atoms in total. The van der Waals surface area contributed by atoms with Gasteiger partial charge in [-0.2, -0.15) is 0 Å². The van der Waals surface area contributed by atoms with Crippen molar-refractivity contribution in [3.8, 4) is 0 Å². The fourth-order valence-corrected chi connectivity index (χ4v) is 6.60. The Hall–Kier alpha value is -5.75. The summed E-state index contributed by atoms with van der Waals surface area (Å²) in [6.45, 7) is 3.43. The lowest BCUT2D eigenvalue weighted by Crippen LogP contribution is -2.59. The topological polar surface area (TPSA) is 302 Å². The number of primary amides is 1. The predicted octanol–water partition coefficient (Wildman–Crippen LogP) is -2.31. The van der Waals surface area contributed by atoms with Gasteiger partial charge in [-0.25, -0.2) is 0 Å². The molecule has 2 aliphatic rings. The molecule has 6 unspecified atom stereocenters.